The minimum Gasteiger partial charge on any atom is -0.387 e. The number of rotatable bonds is 2. The Morgan fingerprint density at radius 1 is 1.64 bits per heavy atom. The Bertz CT molecular complexity index is 202. The highest BCUT2D eigenvalue weighted by molar-refractivity contribution is 5.88. The lowest BCUT2D eigenvalue weighted by molar-refractivity contribution is 0.546. The molecule has 1 unspecified atom stereocenters. The maximum absolute atomic E-state index is 5.74. The molecule has 0 fully saturated rings. The molecular formula is C9H16N2. The summed E-state index contributed by atoms with van der Waals surface area (Å²) in [6.07, 6.45) is 2.98. The van der Waals surface area contributed by atoms with Gasteiger partial charge in [0.25, 0.3) is 0 Å². The third-order valence-electron chi connectivity index (χ3n) is 2.17. The van der Waals surface area contributed by atoms with Gasteiger partial charge in [-0.2, -0.15) is 0 Å². The Morgan fingerprint density at radius 2 is 2.27 bits per heavy atom. The molecule has 0 saturated carbocycles. The van der Waals surface area contributed by atoms with Crippen molar-refractivity contribution in [1.29, 1.82) is 0 Å². The van der Waals surface area contributed by atoms with Gasteiger partial charge in [-0.25, -0.2) is 4.99 Å². The first-order chi connectivity index (χ1) is 5.16. The molecule has 0 spiro atoms. The molecule has 1 rings (SSSR count). The lowest BCUT2D eigenvalue weighted by Crippen LogP contribution is -2.26. The van der Waals surface area contributed by atoms with E-state index in [9.17, 15) is 0 Å². The van der Waals surface area contributed by atoms with Gasteiger partial charge in [-0.05, 0) is 17.9 Å². The van der Waals surface area contributed by atoms with Crippen LogP contribution in [0.25, 0.3) is 0 Å². The van der Waals surface area contributed by atoms with Gasteiger partial charge in [0.05, 0.1) is 0 Å². The molecule has 0 saturated heterocycles. The van der Waals surface area contributed by atoms with Gasteiger partial charge in [-0.1, -0.05) is 20.8 Å². The Labute approximate surface area is 68.2 Å². The highest BCUT2D eigenvalue weighted by Crippen LogP contribution is 2.27. The minimum atomic E-state index is 0.403. The molecule has 0 aromatic heterocycles. The predicted molar refractivity (Wildman–Crippen MR) is 48.3 cm³/mol. The standard InChI is InChI=1S/C9H16N2/c1-4-7-5-11-9(10)8(7)6(2)3/h5-6,8H,4H2,1-3H3,(H2,10,11). The summed E-state index contributed by atoms with van der Waals surface area (Å²) in [5, 5.41) is 0. The second-order valence-electron chi connectivity index (χ2n) is 3.33. The summed E-state index contributed by atoms with van der Waals surface area (Å²) >= 11 is 0. The van der Waals surface area contributed by atoms with Gasteiger partial charge >= 0.3 is 0 Å². The maximum atomic E-state index is 5.74. The van der Waals surface area contributed by atoms with E-state index in [1.165, 1.54) is 5.57 Å². The Morgan fingerprint density at radius 3 is 2.64 bits per heavy atom. The van der Waals surface area contributed by atoms with Crippen LogP contribution in [0.2, 0.25) is 0 Å². The van der Waals surface area contributed by atoms with E-state index in [2.05, 4.69) is 25.8 Å². The van der Waals surface area contributed by atoms with Crippen molar-refractivity contribution in [3.05, 3.63) is 11.8 Å². The van der Waals surface area contributed by atoms with Crippen LogP contribution in [-0.2, 0) is 0 Å². The van der Waals surface area contributed by atoms with Crippen molar-refractivity contribution in [3.63, 3.8) is 0 Å². The summed E-state index contributed by atoms with van der Waals surface area (Å²) in [6, 6.07) is 0. The molecule has 2 nitrogen and oxygen atoms in total. The fourth-order valence-corrected chi connectivity index (χ4v) is 1.59. The zero-order valence-corrected chi connectivity index (χ0v) is 7.46. The quantitative estimate of drug-likeness (QED) is 0.645. The number of hydrogen-bond acceptors (Lipinski definition) is 2. The highest BCUT2D eigenvalue weighted by Gasteiger charge is 2.24. The second-order valence-corrected chi connectivity index (χ2v) is 3.33. The Kier molecular flexibility index (Phi) is 2.32. The zero-order valence-electron chi connectivity index (χ0n) is 7.46. The largest absolute Gasteiger partial charge is 0.387 e. The Hall–Kier alpha value is -0.790. The fourth-order valence-electron chi connectivity index (χ4n) is 1.59. The van der Waals surface area contributed by atoms with Gasteiger partial charge in [0.15, 0.2) is 0 Å². The van der Waals surface area contributed by atoms with Crippen LogP contribution < -0.4 is 5.73 Å². The lowest BCUT2D eigenvalue weighted by atomic mass is 9.88. The van der Waals surface area contributed by atoms with Gasteiger partial charge < -0.3 is 5.73 Å². The van der Waals surface area contributed by atoms with Crippen LogP contribution in [0.4, 0.5) is 0 Å². The molecule has 1 aliphatic rings. The SMILES string of the molecule is CCC1=CN=C(N)C1C(C)C. The van der Waals surface area contributed by atoms with Crippen LogP contribution in [0.1, 0.15) is 27.2 Å². The van der Waals surface area contributed by atoms with Crippen LogP contribution in [-0.4, -0.2) is 5.84 Å². The molecule has 0 radical (unpaired) electrons. The topological polar surface area (TPSA) is 38.4 Å². The monoisotopic (exact) mass is 152 g/mol. The maximum Gasteiger partial charge on any atom is 0.106 e. The minimum absolute atomic E-state index is 0.403. The van der Waals surface area contributed by atoms with Gasteiger partial charge in [-0.3, -0.25) is 0 Å². The van der Waals surface area contributed by atoms with E-state index < -0.39 is 0 Å². The molecule has 0 aromatic carbocycles. The molecule has 0 aliphatic carbocycles. The summed E-state index contributed by atoms with van der Waals surface area (Å²) in [6.45, 7) is 6.51. The first-order valence-corrected chi connectivity index (χ1v) is 4.19. The van der Waals surface area contributed by atoms with Gasteiger partial charge in [-0.15, -0.1) is 0 Å². The summed E-state index contributed by atoms with van der Waals surface area (Å²) in [5.74, 6) is 1.77. The fraction of sp³-hybridized carbons (Fsp3) is 0.667. The second kappa shape index (κ2) is 3.07. The van der Waals surface area contributed by atoms with Crippen LogP contribution in [0.3, 0.4) is 0 Å². The van der Waals surface area contributed by atoms with E-state index >= 15 is 0 Å². The molecule has 2 heteroatoms. The summed E-state index contributed by atoms with van der Waals surface area (Å²) in [4.78, 5) is 4.12. The molecule has 1 heterocycles. The number of hydrogen-bond donors (Lipinski definition) is 1. The average molecular weight is 152 g/mol. The van der Waals surface area contributed by atoms with Crippen LogP contribution in [0.5, 0.6) is 0 Å². The van der Waals surface area contributed by atoms with Crippen LogP contribution in [0, 0.1) is 11.8 Å². The van der Waals surface area contributed by atoms with Crippen molar-refractivity contribution in [2.75, 3.05) is 0 Å². The molecule has 0 bridgehead atoms. The predicted octanol–water partition coefficient (Wildman–Crippen LogP) is 1.92. The smallest absolute Gasteiger partial charge is 0.106 e. The van der Waals surface area contributed by atoms with E-state index in [-0.39, 0.29) is 0 Å². The van der Waals surface area contributed by atoms with Crippen molar-refractivity contribution >= 4 is 5.84 Å². The highest BCUT2D eigenvalue weighted by atomic mass is 14.9. The third-order valence-corrected chi connectivity index (χ3v) is 2.17. The van der Waals surface area contributed by atoms with Crippen molar-refractivity contribution in [3.8, 4) is 0 Å². The van der Waals surface area contributed by atoms with E-state index in [1.54, 1.807) is 0 Å². The van der Waals surface area contributed by atoms with Crippen molar-refractivity contribution in [1.82, 2.24) is 0 Å². The Balaban J connectivity index is 2.75. The van der Waals surface area contributed by atoms with E-state index in [0.717, 1.165) is 12.3 Å². The van der Waals surface area contributed by atoms with E-state index in [0.29, 0.717) is 11.8 Å². The van der Waals surface area contributed by atoms with Gasteiger partial charge in [0, 0.05) is 12.1 Å². The number of nitrogens with zero attached hydrogens (tertiary/aromatic N) is 1. The first-order valence-electron chi connectivity index (χ1n) is 4.19. The number of amidine groups is 1. The molecular weight excluding hydrogens is 136 g/mol. The van der Waals surface area contributed by atoms with Crippen molar-refractivity contribution in [2.24, 2.45) is 22.6 Å². The lowest BCUT2D eigenvalue weighted by Gasteiger charge is -2.17. The molecule has 62 valence electrons. The average Bonchev–Trinajstić information content (AvgIpc) is 2.30. The van der Waals surface area contributed by atoms with Crippen molar-refractivity contribution in [2.45, 2.75) is 27.2 Å². The zero-order chi connectivity index (χ0) is 8.43. The molecule has 1 aliphatic heterocycles. The van der Waals surface area contributed by atoms with Gasteiger partial charge in [0.2, 0.25) is 0 Å². The first kappa shape index (κ1) is 8.31. The third kappa shape index (κ3) is 1.44. The summed E-state index contributed by atoms with van der Waals surface area (Å²) < 4.78 is 0. The molecule has 0 aromatic rings. The molecule has 2 N–H and O–H groups in total. The normalized spacial score (nSPS) is 23.8. The van der Waals surface area contributed by atoms with E-state index in [4.69, 9.17) is 5.73 Å². The molecule has 0 amide bonds. The van der Waals surface area contributed by atoms with Crippen LogP contribution in [0.15, 0.2) is 16.8 Å². The molecule has 1 atom stereocenters. The van der Waals surface area contributed by atoms with Crippen molar-refractivity contribution < 1.29 is 0 Å². The number of aliphatic imine (C=N–C) groups is 1. The van der Waals surface area contributed by atoms with Gasteiger partial charge in [0.1, 0.15) is 5.84 Å². The van der Waals surface area contributed by atoms with Crippen LogP contribution >= 0.6 is 0 Å². The number of nitrogens with two attached hydrogens (primary N) is 1. The molecule has 11 heavy (non-hydrogen) atoms. The summed E-state index contributed by atoms with van der Waals surface area (Å²) in [7, 11) is 0. The van der Waals surface area contributed by atoms with E-state index in [1.807, 2.05) is 6.20 Å². The summed E-state index contributed by atoms with van der Waals surface area (Å²) in [5.41, 5.74) is 7.12.